The quantitative estimate of drug-likeness (QED) is 0.622. The van der Waals surface area contributed by atoms with Gasteiger partial charge in [-0.25, -0.2) is 0 Å². The number of aromatic amines is 1. The van der Waals surface area contributed by atoms with Gasteiger partial charge in [-0.2, -0.15) is 0 Å². The molecule has 0 spiro atoms. The fraction of sp³-hybridized carbons (Fsp3) is 0.600. The molecule has 1 heterocycles. The lowest BCUT2D eigenvalue weighted by Gasteiger charge is -2.14. The first-order chi connectivity index (χ1) is 7.77. The molecule has 94 valence electrons. The maximum absolute atomic E-state index is 11.2. The van der Waals surface area contributed by atoms with Crippen LogP contribution in [0.1, 0.15) is 39.8 Å². The summed E-state index contributed by atoms with van der Waals surface area (Å²) in [5.74, 6) is -0.327. The second-order valence-electron chi connectivity index (χ2n) is 4.70. The molecule has 0 radical (unpaired) electrons. The Morgan fingerprint density at radius 3 is 2.53 bits per heavy atom. The monoisotopic (exact) mass is 240 g/mol. The second kappa shape index (κ2) is 4.52. The molecule has 0 atom stereocenters. The van der Waals surface area contributed by atoms with Gasteiger partial charge in [-0.1, -0.05) is 27.7 Å². The van der Waals surface area contributed by atoms with E-state index in [1.165, 1.54) is 0 Å². The van der Waals surface area contributed by atoms with Gasteiger partial charge in [0, 0.05) is 11.8 Å². The topological polar surface area (TPSA) is 101 Å². The predicted octanol–water partition coefficient (Wildman–Crippen LogP) is 1.96. The zero-order chi connectivity index (χ0) is 13.2. The van der Waals surface area contributed by atoms with Crippen LogP contribution in [0.25, 0.3) is 0 Å². The molecule has 0 aliphatic carbocycles. The highest BCUT2D eigenvalue weighted by Crippen LogP contribution is 2.34. The molecule has 17 heavy (non-hydrogen) atoms. The number of anilines is 1. The smallest absolute Gasteiger partial charge is 0.303 e. The SMILES string of the molecule is CCC(=O)Nc1n[nH]c(C(C)(C)C)c1[N+](=O)[O-]. The van der Waals surface area contributed by atoms with Gasteiger partial charge in [0.2, 0.25) is 11.7 Å². The summed E-state index contributed by atoms with van der Waals surface area (Å²) in [6.45, 7) is 7.16. The highest BCUT2D eigenvalue weighted by atomic mass is 16.6. The number of aromatic nitrogens is 2. The predicted molar refractivity (Wildman–Crippen MR) is 62.9 cm³/mol. The van der Waals surface area contributed by atoms with Gasteiger partial charge in [0.25, 0.3) is 0 Å². The van der Waals surface area contributed by atoms with Crippen molar-refractivity contribution in [2.45, 2.75) is 39.5 Å². The average molecular weight is 240 g/mol. The van der Waals surface area contributed by atoms with Gasteiger partial charge < -0.3 is 5.32 Å². The van der Waals surface area contributed by atoms with E-state index < -0.39 is 10.3 Å². The van der Waals surface area contributed by atoms with Crippen molar-refractivity contribution in [2.24, 2.45) is 0 Å². The van der Waals surface area contributed by atoms with Gasteiger partial charge in [0.05, 0.1) is 4.92 Å². The van der Waals surface area contributed by atoms with Gasteiger partial charge in [-0.3, -0.25) is 20.0 Å². The van der Waals surface area contributed by atoms with Crippen LogP contribution in [0.15, 0.2) is 0 Å². The number of hydrogen-bond donors (Lipinski definition) is 2. The number of amides is 1. The Kier molecular flexibility index (Phi) is 3.50. The van der Waals surface area contributed by atoms with E-state index in [0.29, 0.717) is 5.69 Å². The second-order valence-corrected chi connectivity index (χ2v) is 4.70. The lowest BCUT2D eigenvalue weighted by Crippen LogP contribution is -2.15. The third kappa shape index (κ3) is 2.80. The maximum atomic E-state index is 11.2. The van der Waals surface area contributed by atoms with Crippen LogP contribution in [-0.4, -0.2) is 21.0 Å². The molecule has 7 heteroatoms. The normalized spacial score (nSPS) is 11.3. The number of hydrogen-bond acceptors (Lipinski definition) is 4. The Labute approximate surface area is 98.7 Å². The van der Waals surface area contributed by atoms with Crippen LogP contribution in [0.5, 0.6) is 0 Å². The number of carbonyl (C=O) groups is 1. The molecular weight excluding hydrogens is 224 g/mol. The van der Waals surface area contributed by atoms with Crippen molar-refractivity contribution in [1.29, 1.82) is 0 Å². The van der Waals surface area contributed by atoms with E-state index in [4.69, 9.17) is 0 Å². The molecule has 0 aliphatic heterocycles. The van der Waals surface area contributed by atoms with Crippen LogP contribution in [0.3, 0.4) is 0 Å². The molecule has 1 aromatic heterocycles. The van der Waals surface area contributed by atoms with Crippen molar-refractivity contribution in [3.63, 3.8) is 0 Å². The maximum Gasteiger partial charge on any atom is 0.334 e. The van der Waals surface area contributed by atoms with Crippen LogP contribution < -0.4 is 5.32 Å². The molecule has 0 aliphatic rings. The van der Waals surface area contributed by atoms with Crippen LogP contribution in [0, 0.1) is 10.1 Å². The minimum atomic E-state index is -0.532. The fourth-order valence-electron chi connectivity index (χ4n) is 1.34. The van der Waals surface area contributed by atoms with Crippen molar-refractivity contribution in [3.8, 4) is 0 Å². The number of carbonyl (C=O) groups excluding carboxylic acids is 1. The van der Waals surface area contributed by atoms with E-state index in [1.54, 1.807) is 6.92 Å². The van der Waals surface area contributed by atoms with E-state index in [9.17, 15) is 14.9 Å². The van der Waals surface area contributed by atoms with E-state index in [2.05, 4.69) is 15.5 Å². The van der Waals surface area contributed by atoms with Crippen molar-refractivity contribution < 1.29 is 9.72 Å². The van der Waals surface area contributed by atoms with E-state index >= 15 is 0 Å². The molecule has 0 saturated heterocycles. The highest BCUT2D eigenvalue weighted by Gasteiger charge is 2.32. The largest absolute Gasteiger partial charge is 0.334 e. The third-order valence-electron chi connectivity index (χ3n) is 2.25. The first-order valence-electron chi connectivity index (χ1n) is 5.30. The number of H-pyrrole nitrogens is 1. The van der Waals surface area contributed by atoms with Crippen molar-refractivity contribution in [1.82, 2.24) is 10.2 Å². The minimum Gasteiger partial charge on any atom is -0.303 e. The van der Waals surface area contributed by atoms with Crippen LogP contribution in [-0.2, 0) is 10.2 Å². The van der Waals surface area contributed by atoms with Gasteiger partial charge in [-0.15, -0.1) is 5.10 Å². The summed E-state index contributed by atoms with van der Waals surface area (Å²) in [7, 11) is 0. The molecule has 1 aromatic rings. The summed E-state index contributed by atoms with van der Waals surface area (Å²) in [4.78, 5) is 21.7. The summed E-state index contributed by atoms with van der Waals surface area (Å²) < 4.78 is 0. The van der Waals surface area contributed by atoms with Gasteiger partial charge in [0.1, 0.15) is 5.69 Å². The Morgan fingerprint density at radius 1 is 1.53 bits per heavy atom. The summed E-state index contributed by atoms with van der Waals surface area (Å²) in [5, 5.41) is 19.8. The van der Waals surface area contributed by atoms with Crippen LogP contribution >= 0.6 is 0 Å². The van der Waals surface area contributed by atoms with Gasteiger partial charge >= 0.3 is 5.69 Å². The summed E-state index contributed by atoms with van der Waals surface area (Å²) in [5.41, 5.74) is -0.210. The molecule has 0 unspecified atom stereocenters. The minimum absolute atomic E-state index is 0.0215. The molecule has 1 amide bonds. The lowest BCUT2D eigenvalue weighted by atomic mass is 9.91. The Balaban J connectivity index is 3.21. The molecule has 2 N–H and O–H groups in total. The molecule has 0 aromatic carbocycles. The third-order valence-corrected chi connectivity index (χ3v) is 2.25. The average Bonchev–Trinajstić information content (AvgIpc) is 2.60. The summed E-state index contributed by atoms with van der Waals surface area (Å²) in [6.07, 6.45) is 0.245. The molecular formula is C10H16N4O3. The highest BCUT2D eigenvalue weighted by molar-refractivity contribution is 5.91. The molecule has 0 fully saturated rings. The Hall–Kier alpha value is -1.92. The standard InChI is InChI=1S/C10H16N4O3/c1-5-6(15)11-9-7(14(16)17)8(12-13-9)10(2,3)4/h5H2,1-4H3,(H2,11,12,13,15). The first-order valence-corrected chi connectivity index (χ1v) is 5.30. The summed E-state index contributed by atoms with van der Waals surface area (Å²) in [6, 6.07) is 0. The lowest BCUT2D eigenvalue weighted by molar-refractivity contribution is -0.385. The number of nitrogens with zero attached hydrogens (tertiary/aromatic N) is 2. The van der Waals surface area contributed by atoms with Crippen molar-refractivity contribution in [2.75, 3.05) is 5.32 Å². The Morgan fingerprint density at radius 2 is 2.12 bits per heavy atom. The summed E-state index contributed by atoms with van der Waals surface area (Å²) >= 11 is 0. The zero-order valence-electron chi connectivity index (χ0n) is 10.3. The number of rotatable bonds is 3. The fourth-order valence-corrected chi connectivity index (χ4v) is 1.34. The zero-order valence-corrected chi connectivity index (χ0v) is 10.3. The van der Waals surface area contributed by atoms with Crippen LogP contribution in [0.2, 0.25) is 0 Å². The molecule has 7 nitrogen and oxygen atoms in total. The van der Waals surface area contributed by atoms with Crippen molar-refractivity contribution in [3.05, 3.63) is 15.8 Å². The Bertz CT molecular complexity index is 445. The van der Waals surface area contributed by atoms with Crippen LogP contribution in [0.4, 0.5) is 11.5 Å². The van der Waals surface area contributed by atoms with E-state index in [0.717, 1.165) is 0 Å². The number of nitro groups is 1. The first kappa shape index (κ1) is 13.1. The molecule has 0 saturated carbocycles. The molecule has 1 rings (SSSR count). The van der Waals surface area contributed by atoms with Gasteiger partial charge in [-0.05, 0) is 0 Å². The van der Waals surface area contributed by atoms with Gasteiger partial charge in [0.15, 0.2) is 0 Å². The molecule has 0 bridgehead atoms. The number of nitrogens with one attached hydrogen (secondary N) is 2. The van der Waals surface area contributed by atoms with E-state index in [1.807, 2.05) is 20.8 Å². The van der Waals surface area contributed by atoms with Crippen molar-refractivity contribution >= 4 is 17.4 Å². The van der Waals surface area contributed by atoms with E-state index in [-0.39, 0.29) is 23.8 Å².